The highest BCUT2D eigenvalue weighted by molar-refractivity contribution is 6.35. The largest absolute Gasteiger partial charge is 0.436 e. The van der Waals surface area contributed by atoms with Gasteiger partial charge in [-0.05, 0) is 79.1 Å². The maximum absolute atomic E-state index is 9.09. The number of hydrogen-bond acceptors (Lipinski definition) is 8. The molecule has 0 unspecified atom stereocenters. The monoisotopic (exact) mass is 565 g/mol. The van der Waals surface area contributed by atoms with Crippen LogP contribution in [0.2, 0.25) is 5.02 Å². The quantitative estimate of drug-likeness (QED) is 0.247. The number of anilines is 3. The van der Waals surface area contributed by atoms with Crippen molar-refractivity contribution in [3.05, 3.63) is 82.6 Å². The van der Waals surface area contributed by atoms with Gasteiger partial charge in [-0.1, -0.05) is 11.6 Å². The summed E-state index contributed by atoms with van der Waals surface area (Å²) in [5.41, 5.74) is 6.69. The first-order valence-corrected chi connectivity index (χ1v) is 13.7. The van der Waals surface area contributed by atoms with Crippen molar-refractivity contribution in [2.24, 2.45) is 7.05 Å². The highest BCUT2D eigenvalue weighted by atomic mass is 35.5. The fraction of sp³-hybridized carbons (Fsp3) is 0.226. The lowest BCUT2D eigenvalue weighted by Gasteiger charge is -2.29. The van der Waals surface area contributed by atoms with Crippen LogP contribution in [-0.2, 0) is 11.8 Å². The molecule has 0 bridgehead atoms. The molecule has 10 heteroatoms. The number of hydrogen-bond donors (Lipinski definition) is 1. The number of aromatic nitrogens is 4. The number of nitriles is 1. The first kappa shape index (κ1) is 26.6. The molecule has 0 amide bonds. The van der Waals surface area contributed by atoms with Gasteiger partial charge in [0.15, 0.2) is 0 Å². The van der Waals surface area contributed by atoms with Crippen molar-refractivity contribution in [1.82, 2.24) is 19.5 Å². The second kappa shape index (κ2) is 11.1. The van der Waals surface area contributed by atoms with Crippen molar-refractivity contribution >= 4 is 40.1 Å². The molecule has 0 atom stereocenters. The van der Waals surface area contributed by atoms with E-state index >= 15 is 0 Å². The Labute approximate surface area is 243 Å². The Bertz CT molecular complexity index is 1760. The number of nitrogens with one attached hydrogen (secondary N) is 1. The third kappa shape index (κ3) is 5.27. The highest BCUT2D eigenvalue weighted by Gasteiger charge is 2.20. The minimum atomic E-state index is 0.398. The van der Waals surface area contributed by atoms with Crippen LogP contribution in [0.1, 0.15) is 16.7 Å². The zero-order valence-corrected chi connectivity index (χ0v) is 23.7. The molecule has 1 fully saturated rings. The average Bonchev–Trinajstić information content (AvgIpc) is 3.36. The van der Waals surface area contributed by atoms with Crippen LogP contribution in [0.3, 0.4) is 0 Å². The van der Waals surface area contributed by atoms with E-state index in [1.807, 2.05) is 55.9 Å². The van der Waals surface area contributed by atoms with Crippen molar-refractivity contribution in [3.63, 3.8) is 0 Å². The molecule has 206 valence electrons. The van der Waals surface area contributed by atoms with Crippen LogP contribution in [0.25, 0.3) is 22.2 Å². The summed E-state index contributed by atoms with van der Waals surface area (Å²) in [6.45, 7) is 6.88. The number of rotatable bonds is 6. The summed E-state index contributed by atoms with van der Waals surface area (Å²) in [7, 11) is 1.94. The van der Waals surface area contributed by atoms with E-state index in [0.29, 0.717) is 35.6 Å². The van der Waals surface area contributed by atoms with E-state index in [1.54, 1.807) is 18.3 Å². The summed E-state index contributed by atoms with van der Waals surface area (Å²) in [5, 5.41) is 12.9. The Morgan fingerprint density at radius 2 is 1.76 bits per heavy atom. The topological polar surface area (TPSA) is 101 Å². The molecule has 1 N–H and O–H groups in total. The molecule has 2 aromatic carbocycles. The number of pyridine rings is 1. The fourth-order valence-corrected chi connectivity index (χ4v) is 5.39. The molecule has 1 aliphatic heterocycles. The molecule has 0 spiro atoms. The van der Waals surface area contributed by atoms with Crippen LogP contribution in [0, 0.1) is 25.2 Å². The molecule has 0 saturated carbocycles. The van der Waals surface area contributed by atoms with Gasteiger partial charge in [0.25, 0.3) is 0 Å². The van der Waals surface area contributed by atoms with Crippen molar-refractivity contribution in [2.75, 3.05) is 36.5 Å². The van der Waals surface area contributed by atoms with E-state index in [4.69, 9.17) is 31.3 Å². The van der Waals surface area contributed by atoms with Crippen LogP contribution in [0.4, 0.5) is 17.5 Å². The number of aryl methyl sites for hydroxylation is 3. The third-order valence-electron chi connectivity index (χ3n) is 7.11. The van der Waals surface area contributed by atoms with Crippen LogP contribution in [0.5, 0.6) is 11.6 Å². The molecular weight excluding hydrogens is 538 g/mol. The summed E-state index contributed by atoms with van der Waals surface area (Å²) < 4.78 is 14.0. The lowest BCUT2D eigenvalue weighted by Crippen LogP contribution is -2.37. The van der Waals surface area contributed by atoms with Crippen molar-refractivity contribution in [2.45, 2.75) is 13.8 Å². The van der Waals surface area contributed by atoms with Gasteiger partial charge < -0.3 is 24.3 Å². The smallest absolute Gasteiger partial charge is 0.249 e. The maximum atomic E-state index is 9.09. The van der Waals surface area contributed by atoms with Crippen molar-refractivity contribution in [1.29, 1.82) is 5.26 Å². The molecule has 3 aromatic heterocycles. The van der Waals surface area contributed by atoms with Crippen LogP contribution >= 0.6 is 11.6 Å². The molecule has 4 heterocycles. The Balaban J connectivity index is 1.34. The Hall–Kier alpha value is -4.65. The number of halogens is 1. The lowest BCUT2D eigenvalue weighted by atomic mass is 10.00. The van der Waals surface area contributed by atoms with Gasteiger partial charge in [-0.3, -0.25) is 0 Å². The number of morpholine rings is 1. The zero-order chi connectivity index (χ0) is 28.5. The minimum absolute atomic E-state index is 0.398. The molecule has 41 heavy (non-hydrogen) atoms. The highest BCUT2D eigenvalue weighted by Crippen LogP contribution is 2.39. The van der Waals surface area contributed by atoms with Gasteiger partial charge in [-0.15, -0.1) is 0 Å². The maximum Gasteiger partial charge on any atom is 0.249 e. The predicted octanol–water partition coefficient (Wildman–Crippen LogP) is 6.54. The normalized spacial score (nSPS) is 13.3. The lowest BCUT2D eigenvalue weighted by molar-refractivity contribution is 0.122. The van der Waals surface area contributed by atoms with E-state index < -0.39 is 0 Å². The van der Waals surface area contributed by atoms with Gasteiger partial charge in [0.1, 0.15) is 17.1 Å². The molecule has 9 nitrogen and oxygen atoms in total. The zero-order valence-electron chi connectivity index (χ0n) is 23.0. The molecule has 0 aliphatic carbocycles. The standard InChI is InChI=1S/C31H28ClN7O2/c1-19-16-22(24-8-10-34-29(26(24)32)39-12-14-40-15-13-39)17-20(2)28(19)41-30-27-25(9-11-38(27)3)36-31(37-30)35-23-6-4-21(18-33)5-7-23/h4-11,16-17H,12-15H2,1-3H3,(H,35,36,37). The molecule has 6 rings (SSSR count). The van der Waals surface area contributed by atoms with E-state index in [2.05, 4.69) is 38.4 Å². The number of nitrogens with zero attached hydrogens (tertiary/aromatic N) is 6. The Kier molecular flexibility index (Phi) is 7.18. The molecule has 1 saturated heterocycles. The first-order valence-electron chi connectivity index (χ1n) is 13.3. The first-order chi connectivity index (χ1) is 19.9. The van der Waals surface area contributed by atoms with Gasteiger partial charge in [0, 0.05) is 43.8 Å². The minimum Gasteiger partial charge on any atom is -0.436 e. The summed E-state index contributed by atoms with van der Waals surface area (Å²) in [5.74, 6) is 2.33. The van der Waals surface area contributed by atoms with Gasteiger partial charge >= 0.3 is 0 Å². The molecule has 0 radical (unpaired) electrons. The summed E-state index contributed by atoms with van der Waals surface area (Å²) in [6, 6.07) is 17.3. The number of fused-ring (bicyclic) bond motifs is 1. The second-order valence-corrected chi connectivity index (χ2v) is 10.3. The van der Waals surface area contributed by atoms with Gasteiger partial charge in [-0.2, -0.15) is 10.2 Å². The van der Waals surface area contributed by atoms with Crippen LogP contribution < -0.4 is 15.0 Å². The van der Waals surface area contributed by atoms with E-state index in [9.17, 15) is 0 Å². The summed E-state index contributed by atoms with van der Waals surface area (Å²) in [6.07, 6.45) is 3.73. The SMILES string of the molecule is Cc1cc(-c2ccnc(N3CCOCC3)c2Cl)cc(C)c1Oc1nc(Nc2ccc(C#N)cc2)nc2ccn(C)c12. The van der Waals surface area contributed by atoms with Crippen molar-refractivity contribution in [3.8, 4) is 28.8 Å². The average molecular weight is 566 g/mol. The molecule has 5 aromatic rings. The molecule has 1 aliphatic rings. The van der Waals surface area contributed by atoms with Gasteiger partial charge in [-0.25, -0.2) is 9.97 Å². The van der Waals surface area contributed by atoms with Gasteiger partial charge in [0.2, 0.25) is 11.8 Å². The second-order valence-electron chi connectivity index (χ2n) is 9.96. The van der Waals surface area contributed by atoms with E-state index in [0.717, 1.165) is 63.6 Å². The number of ether oxygens (including phenoxy) is 2. The van der Waals surface area contributed by atoms with E-state index in [1.165, 1.54) is 0 Å². The predicted molar refractivity (Wildman–Crippen MR) is 160 cm³/mol. The summed E-state index contributed by atoms with van der Waals surface area (Å²) in [4.78, 5) is 16.1. The van der Waals surface area contributed by atoms with Crippen LogP contribution in [0.15, 0.2) is 60.9 Å². The summed E-state index contributed by atoms with van der Waals surface area (Å²) >= 11 is 6.90. The van der Waals surface area contributed by atoms with Crippen LogP contribution in [-0.4, -0.2) is 45.8 Å². The van der Waals surface area contributed by atoms with Gasteiger partial charge in [0.05, 0.1) is 35.4 Å². The number of benzene rings is 2. The van der Waals surface area contributed by atoms with E-state index in [-0.39, 0.29) is 0 Å². The van der Waals surface area contributed by atoms with Crippen molar-refractivity contribution < 1.29 is 9.47 Å². The Morgan fingerprint density at radius 3 is 2.46 bits per heavy atom. The molecular formula is C31H28ClN7O2. The third-order valence-corrected chi connectivity index (χ3v) is 7.48. The Morgan fingerprint density at radius 1 is 1.02 bits per heavy atom. The fourth-order valence-electron chi connectivity index (χ4n) is 5.05.